The van der Waals surface area contributed by atoms with Gasteiger partial charge < -0.3 is 35.4 Å². The lowest BCUT2D eigenvalue weighted by Crippen LogP contribution is -2.48. The van der Waals surface area contributed by atoms with Crippen LogP contribution in [0.4, 0.5) is 11.8 Å². The minimum absolute atomic E-state index is 0.000982. The van der Waals surface area contributed by atoms with Crippen molar-refractivity contribution >= 4 is 23.6 Å². The Morgan fingerprint density at radius 3 is 2.29 bits per heavy atom. The molecule has 340 valence electrons. The summed E-state index contributed by atoms with van der Waals surface area (Å²) in [4.78, 5) is 56.9. The number of phenols is 2. The fraction of sp³-hybridized carbons (Fsp3) is 0.479. The molecule has 0 saturated carbocycles. The minimum atomic E-state index is -0.241. The van der Waals surface area contributed by atoms with Crippen LogP contribution in [0.1, 0.15) is 106 Å². The number of fused-ring (bicyclic) bond motifs is 2. The van der Waals surface area contributed by atoms with Gasteiger partial charge in [-0.1, -0.05) is 32.0 Å². The number of carbonyl (C=O) groups excluding carboxylic acids is 2. The highest BCUT2D eigenvalue weighted by atomic mass is 16.5. The summed E-state index contributed by atoms with van der Waals surface area (Å²) in [7, 11) is 0. The Kier molecular flexibility index (Phi) is 11.8. The lowest BCUT2D eigenvalue weighted by Gasteiger charge is -2.41. The summed E-state index contributed by atoms with van der Waals surface area (Å²) in [5, 5.41) is 25.5. The second-order valence-electron chi connectivity index (χ2n) is 18.5. The van der Waals surface area contributed by atoms with Gasteiger partial charge in [-0.25, -0.2) is 19.9 Å². The molecule has 0 radical (unpaired) electrons. The Morgan fingerprint density at radius 1 is 0.800 bits per heavy atom. The molecule has 10 rings (SSSR count). The zero-order valence-corrected chi connectivity index (χ0v) is 37.3. The molecule has 3 saturated heterocycles. The van der Waals surface area contributed by atoms with Gasteiger partial charge in [0.1, 0.15) is 17.3 Å². The van der Waals surface area contributed by atoms with Crippen LogP contribution in [0.5, 0.6) is 11.5 Å². The number of hydrogen-bond donors (Lipinski definition) is 3. The number of amides is 2. The number of carbonyl (C=O) groups is 2. The van der Waals surface area contributed by atoms with Crippen LogP contribution in [-0.4, -0.2) is 136 Å². The van der Waals surface area contributed by atoms with Crippen LogP contribution in [0.15, 0.2) is 55.1 Å². The molecule has 8 heterocycles. The van der Waals surface area contributed by atoms with E-state index in [1.54, 1.807) is 29.6 Å². The molecule has 3 aromatic heterocycles. The van der Waals surface area contributed by atoms with Crippen LogP contribution in [-0.2, 0) is 37.3 Å². The first kappa shape index (κ1) is 42.8. The third-order valence-corrected chi connectivity index (χ3v) is 14.0. The van der Waals surface area contributed by atoms with E-state index in [1.165, 1.54) is 17.2 Å². The van der Waals surface area contributed by atoms with Crippen LogP contribution >= 0.6 is 0 Å². The van der Waals surface area contributed by atoms with E-state index in [4.69, 9.17) is 25.5 Å². The van der Waals surface area contributed by atoms with Crippen LogP contribution in [0, 0.1) is 0 Å². The molecule has 17 nitrogen and oxygen atoms in total. The van der Waals surface area contributed by atoms with Crippen molar-refractivity contribution in [3.63, 3.8) is 0 Å². The summed E-state index contributed by atoms with van der Waals surface area (Å²) in [6, 6.07) is 9.94. The van der Waals surface area contributed by atoms with Crippen molar-refractivity contribution in [2.45, 2.75) is 90.1 Å². The molecule has 65 heavy (non-hydrogen) atoms. The molecule has 0 aliphatic carbocycles. The quantitative estimate of drug-likeness (QED) is 0.184. The van der Waals surface area contributed by atoms with Crippen molar-refractivity contribution in [1.82, 2.24) is 49.3 Å². The number of nitrogen functional groups attached to an aromatic ring is 1. The molecule has 5 aliphatic heterocycles. The molecule has 0 atom stereocenters. The lowest BCUT2D eigenvalue weighted by atomic mass is 9.97. The summed E-state index contributed by atoms with van der Waals surface area (Å²) in [5.41, 5.74) is 13.7. The zero-order valence-electron chi connectivity index (χ0n) is 37.3. The van der Waals surface area contributed by atoms with E-state index in [2.05, 4.69) is 42.9 Å². The lowest BCUT2D eigenvalue weighted by molar-refractivity contribution is 0.0596. The monoisotopic (exact) mass is 882 g/mol. The second-order valence-corrected chi connectivity index (χ2v) is 18.5. The number of ether oxygens (including phenoxy) is 1. The Labute approximate surface area is 378 Å². The fourth-order valence-corrected chi connectivity index (χ4v) is 10.3. The first-order chi connectivity index (χ1) is 31.5. The maximum Gasteiger partial charge on any atom is 0.258 e. The number of anilines is 2. The number of nitrogens with two attached hydrogens (primary N) is 1. The third kappa shape index (κ3) is 8.84. The number of rotatable bonds is 9. The predicted octanol–water partition coefficient (Wildman–Crippen LogP) is 4.74. The first-order valence-corrected chi connectivity index (χ1v) is 23.1. The van der Waals surface area contributed by atoms with E-state index in [1.807, 2.05) is 29.6 Å². The van der Waals surface area contributed by atoms with Crippen LogP contribution in [0.25, 0.3) is 11.4 Å². The van der Waals surface area contributed by atoms with Gasteiger partial charge in [-0.05, 0) is 66.3 Å². The van der Waals surface area contributed by atoms with Gasteiger partial charge in [0.25, 0.3) is 11.8 Å². The number of phenolic OH excluding ortho intramolecular Hbond substituents is 2. The summed E-state index contributed by atoms with van der Waals surface area (Å²) >= 11 is 0. The van der Waals surface area contributed by atoms with Crippen molar-refractivity contribution < 1.29 is 24.5 Å². The van der Waals surface area contributed by atoms with E-state index in [0.717, 1.165) is 106 Å². The molecule has 17 heteroatoms. The number of morpholine rings is 1. The summed E-state index contributed by atoms with van der Waals surface area (Å²) < 4.78 is 7.65. The van der Waals surface area contributed by atoms with Crippen molar-refractivity contribution in [1.29, 1.82) is 0 Å². The summed E-state index contributed by atoms with van der Waals surface area (Å²) in [6.07, 6.45) is 11.6. The minimum Gasteiger partial charge on any atom is -0.508 e. The van der Waals surface area contributed by atoms with Gasteiger partial charge >= 0.3 is 0 Å². The number of aromatic hydroxyl groups is 2. The molecule has 0 bridgehead atoms. The number of piperidine rings is 2. The average Bonchev–Trinajstić information content (AvgIpc) is 4.00. The number of nitrogens with zero attached hydrogens (tertiary/aromatic N) is 11. The van der Waals surface area contributed by atoms with Crippen LogP contribution in [0.2, 0.25) is 0 Å². The van der Waals surface area contributed by atoms with Crippen molar-refractivity contribution in [3.8, 4) is 22.9 Å². The Hall–Kier alpha value is -6.17. The molecule has 5 aliphatic rings. The second kappa shape index (κ2) is 18.0. The molecule has 4 N–H and O–H groups in total. The number of hydrogen-bond acceptors (Lipinski definition) is 14. The smallest absolute Gasteiger partial charge is 0.258 e. The van der Waals surface area contributed by atoms with E-state index >= 15 is 0 Å². The molecule has 2 amide bonds. The number of aromatic nitrogens is 6. The molecule has 0 spiro atoms. The standard InChI is InChI=1S/C48H58N12O5/c1-30(2)39-20-40(43(62)21-42(39)61)47(64)59-26-32-4-3-31(19-33(32)27-59)25-55-10-5-37(6-11-55)60-28-35(24-52-60)46(63)57-12-7-36(8-13-57)58-14-9-38-41(29-58)53-44(34-22-50-48(49)51-23-34)54-45(38)56-15-17-65-18-16-56/h3-4,19-24,28,30,36-37,61-62H,5-18,25-27,29H2,1-2H3,(H2,49,50,51). The molecule has 0 unspecified atom stereocenters. The molecule has 2 aromatic carbocycles. The Balaban J connectivity index is 0.710. The maximum absolute atomic E-state index is 13.8. The van der Waals surface area contributed by atoms with Crippen molar-refractivity contribution in [2.75, 3.05) is 69.7 Å². The molecular weight excluding hydrogens is 825 g/mol. The number of likely N-dealkylation sites (tertiary alicyclic amines) is 2. The first-order valence-electron chi connectivity index (χ1n) is 23.1. The van der Waals surface area contributed by atoms with Gasteiger partial charge in [-0.15, -0.1) is 0 Å². The van der Waals surface area contributed by atoms with E-state index in [0.29, 0.717) is 62.4 Å². The van der Waals surface area contributed by atoms with Crippen LogP contribution in [0.3, 0.4) is 0 Å². The zero-order chi connectivity index (χ0) is 44.8. The largest absolute Gasteiger partial charge is 0.508 e. The van der Waals surface area contributed by atoms with Crippen molar-refractivity contribution in [3.05, 3.63) is 99.8 Å². The highest BCUT2D eigenvalue weighted by Crippen LogP contribution is 2.36. The van der Waals surface area contributed by atoms with Gasteiger partial charge in [0.05, 0.1) is 47.8 Å². The molecule has 5 aromatic rings. The summed E-state index contributed by atoms with van der Waals surface area (Å²) in [6.45, 7) is 13.5. The van der Waals surface area contributed by atoms with Gasteiger partial charge in [0.2, 0.25) is 5.95 Å². The Bertz CT molecular complexity index is 2560. The van der Waals surface area contributed by atoms with Crippen molar-refractivity contribution in [2.24, 2.45) is 0 Å². The number of benzene rings is 2. The highest BCUT2D eigenvalue weighted by Gasteiger charge is 2.34. The van der Waals surface area contributed by atoms with Gasteiger partial charge in [0, 0.05) is 108 Å². The SMILES string of the molecule is CC(C)c1cc(C(=O)N2Cc3ccc(CN4CCC(n5cc(C(=O)N6CCC(N7CCc8c(nc(-c9cnc(N)nc9)nc8N8CCOCC8)C7)CC6)cn5)CC4)cc3C2)c(O)cc1O. The van der Waals surface area contributed by atoms with Crippen LogP contribution < -0.4 is 10.6 Å². The van der Waals surface area contributed by atoms with Gasteiger partial charge in [0.15, 0.2) is 5.82 Å². The topological polar surface area (TPSA) is 195 Å². The van der Waals surface area contributed by atoms with E-state index in [-0.39, 0.29) is 46.8 Å². The highest BCUT2D eigenvalue weighted by molar-refractivity contribution is 5.97. The maximum atomic E-state index is 13.8. The van der Waals surface area contributed by atoms with Gasteiger partial charge in [-0.3, -0.25) is 24.1 Å². The third-order valence-electron chi connectivity index (χ3n) is 14.0. The molecule has 3 fully saturated rings. The van der Waals surface area contributed by atoms with E-state index < -0.39 is 0 Å². The predicted molar refractivity (Wildman–Crippen MR) is 243 cm³/mol. The van der Waals surface area contributed by atoms with E-state index in [9.17, 15) is 19.8 Å². The molecular formula is C48H58N12O5. The Morgan fingerprint density at radius 2 is 1.54 bits per heavy atom. The fourth-order valence-electron chi connectivity index (χ4n) is 10.3. The van der Waals surface area contributed by atoms with Gasteiger partial charge in [-0.2, -0.15) is 5.10 Å². The summed E-state index contributed by atoms with van der Waals surface area (Å²) in [5.74, 6) is 1.42. The normalized spacial score (nSPS) is 18.9. The average molecular weight is 883 g/mol.